The van der Waals surface area contributed by atoms with Crippen molar-refractivity contribution in [3.8, 4) is 5.69 Å². The molecule has 3 rings (SSSR count). The molecule has 118 valence electrons. The summed E-state index contributed by atoms with van der Waals surface area (Å²) in [5, 5.41) is 9.31. The Labute approximate surface area is 139 Å². The van der Waals surface area contributed by atoms with Gasteiger partial charge in [0.2, 0.25) is 0 Å². The first-order valence-electron chi connectivity index (χ1n) is 7.56. The number of nitrogens with zero attached hydrogens (tertiary/aromatic N) is 3. The number of aromatic nitrogens is 3. The minimum Gasteiger partial charge on any atom is -0.274 e. The van der Waals surface area contributed by atoms with Crippen LogP contribution in [0, 0.1) is 12.7 Å². The summed E-state index contributed by atoms with van der Waals surface area (Å²) in [4.78, 5) is 0. The summed E-state index contributed by atoms with van der Waals surface area (Å²) in [5.74, 6) is 1.37. The fourth-order valence-corrected chi connectivity index (χ4v) is 3.30. The van der Waals surface area contributed by atoms with Gasteiger partial charge >= 0.3 is 0 Å². The second kappa shape index (κ2) is 6.96. The van der Waals surface area contributed by atoms with E-state index in [9.17, 15) is 4.39 Å². The van der Waals surface area contributed by atoms with Crippen LogP contribution in [0.5, 0.6) is 0 Å². The normalized spacial score (nSPS) is 10.9. The third-order valence-corrected chi connectivity index (χ3v) is 4.68. The molecule has 0 spiro atoms. The van der Waals surface area contributed by atoms with Crippen LogP contribution in [-0.2, 0) is 12.2 Å². The molecule has 0 N–H and O–H groups in total. The molecular formula is C18H18FN3S. The maximum absolute atomic E-state index is 13.0. The SMILES string of the molecule is CCc1ccc(-n2c(C)nnc2SCc2ccc(F)cc2)cc1. The molecule has 3 nitrogen and oxygen atoms in total. The van der Waals surface area contributed by atoms with Crippen LogP contribution < -0.4 is 0 Å². The van der Waals surface area contributed by atoms with E-state index < -0.39 is 0 Å². The Morgan fingerprint density at radius 2 is 1.61 bits per heavy atom. The molecule has 0 saturated heterocycles. The Hall–Kier alpha value is -2.14. The van der Waals surface area contributed by atoms with Gasteiger partial charge in [0.25, 0.3) is 0 Å². The van der Waals surface area contributed by atoms with Crippen molar-refractivity contribution in [1.82, 2.24) is 14.8 Å². The van der Waals surface area contributed by atoms with Crippen LogP contribution in [0.25, 0.3) is 5.69 Å². The van der Waals surface area contributed by atoms with E-state index in [-0.39, 0.29) is 5.82 Å². The number of halogens is 1. The van der Waals surface area contributed by atoms with Gasteiger partial charge < -0.3 is 0 Å². The summed E-state index contributed by atoms with van der Waals surface area (Å²) in [5.41, 5.74) is 3.43. The number of hydrogen-bond donors (Lipinski definition) is 0. The quantitative estimate of drug-likeness (QED) is 0.643. The molecule has 0 aliphatic carbocycles. The lowest BCUT2D eigenvalue weighted by atomic mass is 10.1. The monoisotopic (exact) mass is 327 g/mol. The van der Waals surface area contributed by atoms with Gasteiger partial charge in [-0.2, -0.15) is 0 Å². The van der Waals surface area contributed by atoms with E-state index in [1.807, 2.05) is 11.5 Å². The Morgan fingerprint density at radius 1 is 0.957 bits per heavy atom. The number of thioether (sulfide) groups is 1. The van der Waals surface area contributed by atoms with Gasteiger partial charge in [0.1, 0.15) is 11.6 Å². The third-order valence-electron chi connectivity index (χ3n) is 3.68. The first kappa shape index (κ1) is 15.7. The second-order valence-corrected chi connectivity index (χ2v) is 6.24. The first-order valence-corrected chi connectivity index (χ1v) is 8.54. The van der Waals surface area contributed by atoms with E-state index in [0.717, 1.165) is 34.4 Å². The Bertz CT molecular complexity index is 779. The molecule has 1 heterocycles. The number of benzene rings is 2. The Morgan fingerprint density at radius 3 is 2.26 bits per heavy atom. The predicted octanol–water partition coefficient (Wildman–Crippen LogP) is 4.57. The molecule has 1 aromatic heterocycles. The molecule has 2 aromatic carbocycles. The van der Waals surface area contributed by atoms with Crippen molar-refractivity contribution in [2.24, 2.45) is 0 Å². The molecule has 0 saturated carbocycles. The van der Waals surface area contributed by atoms with Gasteiger partial charge in [-0.15, -0.1) is 10.2 Å². The number of aryl methyl sites for hydroxylation is 2. The van der Waals surface area contributed by atoms with Gasteiger partial charge in [0.15, 0.2) is 5.16 Å². The van der Waals surface area contributed by atoms with E-state index in [1.165, 1.54) is 17.7 Å². The number of hydrogen-bond acceptors (Lipinski definition) is 3. The zero-order valence-electron chi connectivity index (χ0n) is 13.2. The highest BCUT2D eigenvalue weighted by molar-refractivity contribution is 7.98. The summed E-state index contributed by atoms with van der Waals surface area (Å²) < 4.78 is 15.0. The topological polar surface area (TPSA) is 30.7 Å². The molecule has 23 heavy (non-hydrogen) atoms. The molecule has 0 atom stereocenters. The average molecular weight is 327 g/mol. The molecule has 0 radical (unpaired) electrons. The molecule has 5 heteroatoms. The standard InChI is InChI=1S/C18H18FN3S/c1-3-14-6-10-17(11-7-14)22-13(2)20-21-18(22)23-12-15-4-8-16(19)9-5-15/h4-11H,3,12H2,1-2H3. The molecule has 0 aliphatic rings. The second-order valence-electron chi connectivity index (χ2n) is 5.30. The van der Waals surface area contributed by atoms with Crippen LogP contribution in [0.1, 0.15) is 23.9 Å². The van der Waals surface area contributed by atoms with Crippen LogP contribution in [0.4, 0.5) is 4.39 Å². The molecule has 0 aliphatic heterocycles. The van der Waals surface area contributed by atoms with Crippen molar-refractivity contribution >= 4 is 11.8 Å². The first-order chi connectivity index (χ1) is 11.2. The lowest BCUT2D eigenvalue weighted by molar-refractivity contribution is 0.627. The van der Waals surface area contributed by atoms with E-state index in [2.05, 4.69) is 41.4 Å². The van der Waals surface area contributed by atoms with E-state index in [4.69, 9.17) is 0 Å². The smallest absolute Gasteiger partial charge is 0.196 e. The van der Waals surface area contributed by atoms with E-state index in [0.29, 0.717) is 0 Å². The summed E-state index contributed by atoms with van der Waals surface area (Å²) >= 11 is 1.60. The van der Waals surface area contributed by atoms with Gasteiger partial charge in [0, 0.05) is 11.4 Å². The van der Waals surface area contributed by atoms with Gasteiger partial charge in [-0.1, -0.05) is 43.0 Å². The van der Waals surface area contributed by atoms with Crippen molar-refractivity contribution in [3.63, 3.8) is 0 Å². The predicted molar refractivity (Wildman–Crippen MR) is 91.4 cm³/mol. The lowest BCUT2D eigenvalue weighted by Gasteiger charge is -2.09. The van der Waals surface area contributed by atoms with Gasteiger partial charge in [-0.05, 0) is 48.7 Å². The van der Waals surface area contributed by atoms with Crippen LogP contribution in [-0.4, -0.2) is 14.8 Å². The van der Waals surface area contributed by atoms with Gasteiger partial charge in [-0.25, -0.2) is 4.39 Å². The summed E-state index contributed by atoms with van der Waals surface area (Å²) in [7, 11) is 0. The minimum absolute atomic E-state index is 0.214. The zero-order valence-corrected chi connectivity index (χ0v) is 14.0. The van der Waals surface area contributed by atoms with Crippen LogP contribution in [0.3, 0.4) is 0 Å². The van der Waals surface area contributed by atoms with Crippen molar-refractivity contribution in [3.05, 3.63) is 71.3 Å². The average Bonchev–Trinajstić information content (AvgIpc) is 2.95. The fraction of sp³-hybridized carbons (Fsp3) is 0.222. The highest BCUT2D eigenvalue weighted by Gasteiger charge is 2.11. The fourth-order valence-electron chi connectivity index (χ4n) is 2.34. The largest absolute Gasteiger partial charge is 0.274 e. The van der Waals surface area contributed by atoms with Crippen molar-refractivity contribution in [2.75, 3.05) is 0 Å². The van der Waals surface area contributed by atoms with Crippen LogP contribution >= 0.6 is 11.8 Å². The van der Waals surface area contributed by atoms with Crippen LogP contribution in [0.2, 0.25) is 0 Å². The molecule has 0 amide bonds. The lowest BCUT2D eigenvalue weighted by Crippen LogP contribution is -1.99. The van der Waals surface area contributed by atoms with Crippen molar-refractivity contribution in [1.29, 1.82) is 0 Å². The molecule has 0 fully saturated rings. The minimum atomic E-state index is -0.214. The third kappa shape index (κ3) is 3.62. The summed E-state index contributed by atoms with van der Waals surface area (Å²) in [6.45, 7) is 4.09. The van der Waals surface area contributed by atoms with Crippen LogP contribution in [0.15, 0.2) is 53.7 Å². The van der Waals surface area contributed by atoms with Crippen molar-refractivity contribution in [2.45, 2.75) is 31.2 Å². The molecule has 0 bridgehead atoms. The van der Waals surface area contributed by atoms with E-state index >= 15 is 0 Å². The van der Waals surface area contributed by atoms with Crippen molar-refractivity contribution < 1.29 is 4.39 Å². The zero-order chi connectivity index (χ0) is 16.2. The maximum Gasteiger partial charge on any atom is 0.196 e. The van der Waals surface area contributed by atoms with Gasteiger partial charge in [0.05, 0.1) is 0 Å². The molecule has 0 unspecified atom stereocenters. The molecular weight excluding hydrogens is 309 g/mol. The molecule has 3 aromatic rings. The number of rotatable bonds is 5. The highest BCUT2D eigenvalue weighted by atomic mass is 32.2. The summed E-state index contributed by atoms with van der Waals surface area (Å²) in [6.07, 6.45) is 1.02. The van der Waals surface area contributed by atoms with E-state index in [1.54, 1.807) is 23.9 Å². The maximum atomic E-state index is 13.0. The summed E-state index contributed by atoms with van der Waals surface area (Å²) in [6, 6.07) is 15.0. The Kier molecular flexibility index (Phi) is 4.76. The van der Waals surface area contributed by atoms with Gasteiger partial charge in [-0.3, -0.25) is 4.57 Å². The highest BCUT2D eigenvalue weighted by Crippen LogP contribution is 2.25. The Balaban J connectivity index is 1.81.